The number of nitrogens with two attached hydrogens (primary N) is 1. The molecule has 2 heterocycles. The molecule has 258 valence electrons. The van der Waals surface area contributed by atoms with Crippen LogP contribution < -0.4 is 11.4 Å². The van der Waals surface area contributed by atoms with Gasteiger partial charge in [0.2, 0.25) is 0 Å². The van der Waals surface area contributed by atoms with Crippen LogP contribution in [0.1, 0.15) is 60.9 Å². The molecule has 3 atom stereocenters. The normalized spacial score (nSPS) is 20.4. The van der Waals surface area contributed by atoms with E-state index in [4.69, 9.17) is 14.9 Å². The zero-order chi connectivity index (χ0) is 35.7. The van der Waals surface area contributed by atoms with Gasteiger partial charge < -0.3 is 14.9 Å². The van der Waals surface area contributed by atoms with E-state index in [9.17, 15) is 4.79 Å². The van der Waals surface area contributed by atoms with Gasteiger partial charge in [-0.25, -0.2) is 4.79 Å². The highest BCUT2D eigenvalue weighted by Crippen LogP contribution is 2.51. The lowest BCUT2D eigenvalue weighted by Gasteiger charge is -2.58. The Morgan fingerprint density at radius 3 is 1.72 bits per heavy atom. The highest BCUT2D eigenvalue weighted by molar-refractivity contribution is 6.74. The van der Waals surface area contributed by atoms with Gasteiger partial charge >= 0.3 is 5.69 Å². The molecule has 1 aromatic heterocycles. The van der Waals surface area contributed by atoms with Crippen molar-refractivity contribution in [3.05, 3.63) is 166 Å². The number of nitrogen functional groups attached to an aromatic ring is 1. The van der Waals surface area contributed by atoms with Crippen molar-refractivity contribution in [3.8, 4) is 0 Å². The first-order valence-electron chi connectivity index (χ1n) is 17.0. The third kappa shape index (κ3) is 6.26. The lowest BCUT2D eigenvalue weighted by molar-refractivity contribution is -0.251. The summed E-state index contributed by atoms with van der Waals surface area (Å²) < 4.78 is 15.6. The number of carbonyl (C=O) groups excluding carboxylic acids is 1. The molecular weight excluding hydrogens is 641 g/mol. The van der Waals surface area contributed by atoms with E-state index < -0.39 is 37.6 Å². The Balaban J connectivity index is 1.74. The summed E-state index contributed by atoms with van der Waals surface area (Å²) in [6, 6.07) is 41.3. The van der Waals surface area contributed by atoms with Crippen LogP contribution in [-0.2, 0) is 14.7 Å². The summed E-state index contributed by atoms with van der Waals surface area (Å²) >= 11 is 0. The molecule has 2 N–H and O–H groups in total. The van der Waals surface area contributed by atoms with Crippen LogP contribution in [0.25, 0.3) is 0 Å². The van der Waals surface area contributed by atoms with Gasteiger partial charge in [0.05, 0.1) is 12.1 Å². The Morgan fingerprint density at radius 1 is 0.820 bits per heavy atom. The van der Waals surface area contributed by atoms with Crippen LogP contribution in [0.5, 0.6) is 0 Å². The number of ketones is 1. The lowest BCUT2D eigenvalue weighted by Crippen LogP contribution is -2.69. The molecule has 3 unspecified atom stereocenters. The molecule has 8 nitrogen and oxygen atoms in total. The smallest absolute Gasteiger partial charge is 0.350 e. The molecule has 0 bridgehead atoms. The molecule has 0 aliphatic carbocycles. The minimum atomic E-state index is -2.48. The molecule has 1 saturated heterocycles. The Bertz CT molecular complexity index is 1890. The Kier molecular flexibility index (Phi) is 9.54. The van der Waals surface area contributed by atoms with E-state index in [1.165, 1.54) is 4.57 Å². The molecule has 9 heteroatoms. The van der Waals surface area contributed by atoms with E-state index in [0.717, 1.165) is 16.7 Å². The topological polar surface area (TPSA) is 99.7 Å². The molecule has 0 spiro atoms. The summed E-state index contributed by atoms with van der Waals surface area (Å²) in [7, 11) is -2.48. The number of benzene rings is 4. The van der Waals surface area contributed by atoms with Gasteiger partial charge in [0.25, 0.3) is 0 Å². The number of hydrogen-bond acceptors (Lipinski definition) is 7. The first-order chi connectivity index (χ1) is 23.8. The van der Waals surface area contributed by atoms with E-state index >= 15 is 4.79 Å². The molecule has 4 aromatic carbocycles. The number of aromatic nitrogens is 2. The Morgan fingerprint density at radius 2 is 1.28 bits per heavy atom. The van der Waals surface area contributed by atoms with E-state index in [0.29, 0.717) is 5.56 Å². The third-order valence-electron chi connectivity index (χ3n) is 10.3. The maximum Gasteiger partial charge on any atom is 0.350 e. The van der Waals surface area contributed by atoms with Crippen LogP contribution in [0.2, 0.25) is 18.1 Å². The molecule has 6 rings (SSSR count). The van der Waals surface area contributed by atoms with Crippen molar-refractivity contribution in [3.63, 3.8) is 0 Å². The number of Topliss-reactive ketones (excluding diaryl/α,β-unsaturated/α-hetero) is 1. The lowest BCUT2D eigenvalue weighted by atomic mass is 9.73. The number of carbonyl (C=O) groups is 1. The van der Waals surface area contributed by atoms with Gasteiger partial charge in [0.1, 0.15) is 12.0 Å². The predicted octanol–water partition coefficient (Wildman–Crippen LogP) is 7.64. The minimum Gasteiger partial charge on any atom is -0.391 e. The van der Waals surface area contributed by atoms with E-state index in [-0.39, 0.29) is 23.2 Å². The van der Waals surface area contributed by atoms with Crippen LogP contribution in [0.4, 0.5) is 5.82 Å². The number of ether oxygens (including phenoxy) is 1. The van der Waals surface area contributed by atoms with Crippen LogP contribution >= 0.6 is 0 Å². The fraction of sp³-hybridized carbons (Fsp3) is 0.293. The van der Waals surface area contributed by atoms with Gasteiger partial charge in [0.15, 0.2) is 26.0 Å². The van der Waals surface area contributed by atoms with Crippen molar-refractivity contribution >= 4 is 19.9 Å². The third-order valence-corrected chi connectivity index (χ3v) is 14.8. The second kappa shape index (κ2) is 13.6. The molecule has 1 aliphatic heterocycles. The minimum absolute atomic E-state index is 0.0881. The molecule has 5 aromatic rings. The van der Waals surface area contributed by atoms with Gasteiger partial charge in [-0.15, -0.1) is 0 Å². The van der Waals surface area contributed by atoms with Gasteiger partial charge in [-0.2, -0.15) is 4.98 Å². The summed E-state index contributed by atoms with van der Waals surface area (Å²) in [5.41, 5.74) is 6.04. The molecule has 0 saturated carbocycles. The SMILES string of the molecule is CC1(C(=O)c2ccccc2)OC(O[Si](C)(C)C(C)(C)C)CN(C(c2ccccc2)(c2ccccc2)c2ccccc2)C1n1ccc(N)nc1=O. The quantitative estimate of drug-likeness (QED) is 0.0967. The maximum absolute atomic E-state index is 15.1. The summed E-state index contributed by atoms with van der Waals surface area (Å²) in [6.45, 7) is 12.9. The zero-order valence-corrected chi connectivity index (χ0v) is 30.6. The monoisotopic (exact) mass is 686 g/mol. The maximum atomic E-state index is 15.1. The first-order valence-corrected chi connectivity index (χ1v) is 19.9. The van der Waals surface area contributed by atoms with Gasteiger partial charge in [0, 0.05) is 11.8 Å². The molecule has 50 heavy (non-hydrogen) atoms. The molecule has 0 radical (unpaired) electrons. The Hall–Kier alpha value is -4.67. The van der Waals surface area contributed by atoms with Gasteiger partial charge in [-0.1, -0.05) is 142 Å². The average Bonchev–Trinajstić information content (AvgIpc) is 3.10. The summed E-state index contributed by atoms with van der Waals surface area (Å²) in [5.74, 6) is -0.200. The van der Waals surface area contributed by atoms with Crippen molar-refractivity contribution in [2.75, 3.05) is 12.3 Å². The van der Waals surface area contributed by atoms with Crippen LogP contribution in [0.15, 0.2) is 138 Å². The zero-order valence-electron chi connectivity index (χ0n) is 29.6. The fourth-order valence-corrected chi connectivity index (χ4v) is 8.06. The fourth-order valence-electron chi connectivity index (χ4n) is 6.93. The van der Waals surface area contributed by atoms with E-state index in [1.807, 2.05) is 72.8 Å². The van der Waals surface area contributed by atoms with Crippen LogP contribution in [-0.4, -0.2) is 47.0 Å². The number of rotatable bonds is 9. The van der Waals surface area contributed by atoms with E-state index in [2.05, 4.69) is 80.1 Å². The van der Waals surface area contributed by atoms with E-state index in [1.54, 1.807) is 31.3 Å². The highest BCUT2D eigenvalue weighted by atomic mass is 28.4. The highest BCUT2D eigenvalue weighted by Gasteiger charge is 2.60. The Labute approximate surface area is 295 Å². The molecule has 1 aliphatic rings. The van der Waals surface area contributed by atoms with Crippen molar-refractivity contribution < 1.29 is 14.0 Å². The molecule has 0 amide bonds. The molecule has 1 fully saturated rings. The van der Waals surface area contributed by atoms with Crippen LogP contribution in [0, 0.1) is 0 Å². The standard InChI is InChI=1S/C41H46N4O4Si/c1-39(2,3)50(5,6)49-35-29-45(41(31-21-13-8-14-22-31,32-23-15-9-16-24-32)33-25-17-10-18-26-33)37(44-28-27-34(42)43-38(44)47)40(4,48-35)36(46)30-19-11-7-12-20-30/h7-28,35,37H,29H2,1-6H3,(H2,42,43,47). The number of anilines is 1. The van der Waals surface area contributed by atoms with Gasteiger partial charge in [-0.05, 0) is 47.8 Å². The molecular formula is C41H46N4O4Si. The van der Waals surface area contributed by atoms with Gasteiger partial charge in [-0.3, -0.25) is 14.3 Å². The van der Waals surface area contributed by atoms with Crippen molar-refractivity contribution in [2.45, 2.75) is 69.4 Å². The first kappa shape index (κ1) is 35.2. The average molecular weight is 687 g/mol. The number of hydrogen-bond donors (Lipinski definition) is 1. The van der Waals surface area contributed by atoms with Crippen molar-refractivity contribution in [1.29, 1.82) is 0 Å². The second-order valence-corrected chi connectivity index (χ2v) is 19.4. The van der Waals surface area contributed by atoms with Crippen molar-refractivity contribution in [1.82, 2.24) is 14.5 Å². The van der Waals surface area contributed by atoms with Crippen LogP contribution in [0.3, 0.4) is 0 Å². The number of morpholine rings is 1. The predicted molar refractivity (Wildman–Crippen MR) is 200 cm³/mol. The summed E-state index contributed by atoms with van der Waals surface area (Å²) in [6.07, 6.45) is -0.239. The largest absolute Gasteiger partial charge is 0.391 e. The second-order valence-electron chi connectivity index (χ2n) is 14.6. The summed E-state index contributed by atoms with van der Waals surface area (Å²) in [5, 5.41) is -0.148. The number of nitrogens with zero attached hydrogens (tertiary/aromatic N) is 3. The van der Waals surface area contributed by atoms with Crippen molar-refractivity contribution in [2.24, 2.45) is 0 Å². The summed E-state index contributed by atoms with van der Waals surface area (Å²) in [4.78, 5) is 35.6.